The summed E-state index contributed by atoms with van der Waals surface area (Å²) < 4.78 is 38.3. The minimum absolute atomic E-state index is 0.0984. The Bertz CT molecular complexity index is 870. The molecule has 1 amide bonds. The van der Waals surface area contributed by atoms with Crippen molar-refractivity contribution in [1.29, 1.82) is 0 Å². The van der Waals surface area contributed by atoms with E-state index in [1.165, 1.54) is 6.07 Å². The molecule has 0 spiro atoms. The normalized spacial score (nSPS) is 27.4. The van der Waals surface area contributed by atoms with Crippen LogP contribution in [0.4, 0.5) is 13.2 Å². The average molecular weight is 404 g/mol. The van der Waals surface area contributed by atoms with Gasteiger partial charge in [0.15, 0.2) is 0 Å². The number of piperidine rings is 1. The second-order valence-corrected chi connectivity index (χ2v) is 7.93. The Morgan fingerprint density at radius 2 is 1.83 bits per heavy atom. The van der Waals surface area contributed by atoms with E-state index in [0.717, 1.165) is 43.5 Å². The number of hydrogen-bond donors (Lipinski definition) is 1. The third-order valence-electron chi connectivity index (χ3n) is 6.31. The lowest BCUT2D eigenvalue weighted by Crippen LogP contribution is -2.59. The lowest BCUT2D eigenvalue weighted by Gasteiger charge is -2.52. The monoisotopic (exact) mass is 404 g/mol. The number of nitrogens with zero attached hydrogens (tertiary/aromatic N) is 2. The van der Waals surface area contributed by atoms with E-state index in [1.54, 1.807) is 4.90 Å². The third-order valence-corrected chi connectivity index (χ3v) is 6.31. The summed E-state index contributed by atoms with van der Waals surface area (Å²) in [5.41, 5.74) is -1.00. The molecule has 4 rings (SSSR count). The van der Waals surface area contributed by atoms with Crippen LogP contribution in [0.3, 0.4) is 0 Å². The molecule has 2 fully saturated rings. The highest BCUT2D eigenvalue weighted by Gasteiger charge is 2.50. The zero-order valence-electron chi connectivity index (χ0n) is 15.9. The molecule has 29 heavy (non-hydrogen) atoms. The molecule has 1 saturated heterocycles. The van der Waals surface area contributed by atoms with Crippen LogP contribution in [0.15, 0.2) is 48.7 Å². The third kappa shape index (κ3) is 3.64. The predicted octanol–water partition coefficient (Wildman–Crippen LogP) is 4.39. The molecule has 154 valence electrons. The number of aromatic nitrogens is 1. The lowest BCUT2D eigenvalue weighted by molar-refractivity contribution is -0.141. The smallest absolute Gasteiger partial charge is 0.385 e. The quantitative estimate of drug-likeness (QED) is 0.808. The van der Waals surface area contributed by atoms with E-state index in [2.05, 4.69) is 4.98 Å². The van der Waals surface area contributed by atoms with Crippen LogP contribution in [-0.4, -0.2) is 33.5 Å². The number of aliphatic hydroxyl groups is 1. The van der Waals surface area contributed by atoms with Crippen LogP contribution in [0.5, 0.6) is 0 Å². The summed E-state index contributed by atoms with van der Waals surface area (Å²) in [7, 11) is 0. The number of pyridine rings is 1. The first-order valence-corrected chi connectivity index (χ1v) is 9.93. The second kappa shape index (κ2) is 7.44. The van der Waals surface area contributed by atoms with Crippen LogP contribution in [0, 0.1) is 5.92 Å². The lowest BCUT2D eigenvalue weighted by atomic mass is 9.66. The van der Waals surface area contributed by atoms with Gasteiger partial charge in [-0.1, -0.05) is 43.2 Å². The highest BCUT2D eigenvalue weighted by Crippen LogP contribution is 2.47. The topological polar surface area (TPSA) is 53.4 Å². The van der Waals surface area contributed by atoms with E-state index in [1.807, 2.05) is 30.3 Å². The second-order valence-electron chi connectivity index (χ2n) is 7.93. The number of rotatable bonds is 2. The van der Waals surface area contributed by atoms with Crippen molar-refractivity contribution in [3.05, 3.63) is 65.5 Å². The highest BCUT2D eigenvalue weighted by atomic mass is 19.4. The van der Waals surface area contributed by atoms with E-state index >= 15 is 0 Å². The Labute approximate surface area is 167 Å². The van der Waals surface area contributed by atoms with Gasteiger partial charge in [-0.05, 0) is 37.0 Å². The maximum absolute atomic E-state index is 13.1. The standard InChI is InChI=1S/C22H23F3N2O2/c23-22(24,25)19-11-10-15(14-26-19)20(28)27-13-12-21(29,16-6-2-1-3-7-16)17-8-4-5-9-18(17)27/h1-3,6-7,10-11,14,17-18,29H,4-5,8-9,12-13H2/t17-,18?,21-/m1/s1. The van der Waals surface area contributed by atoms with Crippen molar-refractivity contribution < 1.29 is 23.1 Å². The van der Waals surface area contributed by atoms with Crippen molar-refractivity contribution in [2.75, 3.05) is 6.54 Å². The maximum Gasteiger partial charge on any atom is 0.433 e. The Hall–Kier alpha value is -2.41. The molecule has 1 aromatic heterocycles. The number of carbonyl (C=O) groups excluding carboxylic acids is 1. The molecule has 1 aromatic carbocycles. The van der Waals surface area contributed by atoms with Crippen LogP contribution >= 0.6 is 0 Å². The molecule has 1 unspecified atom stereocenters. The molecular formula is C22H23F3N2O2. The molecule has 1 aliphatic heterocycles. The number of alkyl halides is 3. The van der Waals surface area contributed by atoms with E-state index in [4.69, 9.17) is 0 Å². The van der Waals surface area contributed by atoms with Crippen molar-refractivity contribution in [3.63, 3.8) is 0 Å². The minimum Gasteiger partial charge on any atom is -0.385 e. The predicted molar refractivity (Wildman–Crippen MR) is 101 cm³/mol. The van der Waals surface area contributed by atoms with Gasteiger partial charge in [-0.25, -0.2) is 0 Å². The average Bonchev–Trinajstić information content (AvgIpc) is 2.74. The molecular weight excluding hydrogens is 381 g/mol. The first kappa shape index (κ1) is 19.9. The Morgan fingerprint density at radius 3 is 2.48 bits per heavy atom. The van der Waals surface area contributed by atoms with Gasteiger partial charge < -0.3 is 10.0 Å². The molecule has 3 atom stereocenters. The Balaban J connectivity index is 1.60. The van der Waals surface area contributed by atoms with Crippen molar-refractivity contribution in [1.82, 2.24) is 9.88 Å². The van der Waals surface area contributed by atoms with Gasteiger partial charge in [0.1, 0.15) is 5.69 Å². The molecule has 2 heterocycles. The van der Waals surface area contributed by atoms with Gasteiger partial charge in [0.25, 0.3) is 5.91 Å². The van der Waals surface area contributed by atoms with Gasteiger partial charge in [0, 0.05) is 24.7 Å². The number of likely N-dealkylation sites (tertiary alicyclic amines) is 1. The zero-order valence-corrected chi connectivity index (χ0v) is 15.9. The molecule has 0 radical (unpaired) electrons. The minimum atomic E-state index is -4.53. The fourth-order valence-electron chi connectivity index (χ4n) is 4.87. The van der Waals surface area contributed by atoms with Crippen LogP contribution in [0.25, 0.3) is 0 Å². The molecule has 0 bridgehead atoms. The van der Waals surface area contributed by atoms with Gasteiger partial charge >= 0.3 is 6.18 Å². The Kier molecular flexibility index (Phi) is 5.11. The number of benzene rings is 1. The van der Waals surface area contributed by atoms with Crippen molar-refractivity contribution in [2.24, 2.45) is 5.92 Å². The molecule has 4 nitrogen and oxygen atoms in total. The SMILES string of the molecule is O=C(c1ccc(C(F)(F)F)nc1)N1CC[C@@](O)(c2ccccc2)[C@@H]2CCCCC21. The van der Waals surface area contributed by atoms with Gasteiger partial charge in [0.2, 0.25) is 0 Å². The van der Waals surface area contributed by atoms with Crippen LogP contribution in [0.1, 0.15) is 53.7 Å². The summed E-state index contributed by atoms with van der Waals surface area (Å²) in [6.45, 7) is 0.354. The Morgan fingerprint density at radius 1 is 1.10 bits per heavy atom. The highest BCUT2D eigenvalue weighted by molar-refractivity contribution is 5.94. The molecule has 1 saturated carbocycles. The summed E-state index contributed by atoms with van der Waals surface area (Å²) in [6, 6.07) is 11.4. The molecule has 1 N–H and O–H groups in total. The van der Waals surface area contributed by atoms with Crippen LogP contribution < -0.4 is 0 Å². The number of carbonyl (C=O) groups is 1. The van der Waals surface area contributed by atoms with Crippen molar-refractivity contribution in [3.8, 4) is 0 Å². The van der Waals surface area contributed by atoms with Gasteiger partial charge in [-0.3, -0.25) is 9.78 Å². The van der Waals surface area contributed by atoms with Gasteiger partial charge in [0.05, 0.1) is 11.2 Å². The largest absolute Gasteiger partial charge is 0.433 e. The fraction of sp³-hybridized carbons (Fsp3) is 0.455. The van der Waals surface area contributed by atoms with E-state index < -0.39 is 17.5 Å². The summed E-state index contributed by atoms with van der Waals surface area (Å²) in [5.74, 6) is -0.419. The number of fused-ring (bicyclic) bond motifs is 1. The van der Waals surface area contributed by atoms with E-state index in [-0.39, 0.29) is 23.4 Å². The number of amides is 1. The first-order chi connectivity index (χ1) is 13.8. The maximum atomic E-state index is 13.1. The summed E-state index contributed by atoms with van der Waals surface area (Å²) in [4.78, 5) is 18.2. The first-order valence-electron chi connectivity index (χ1n) is 9.93. The van der Waals surface area contributed by atoms with Crippen LogP contribution in [-0.2, 0) is 11.8 Å². The van der Waals surface area contributed by atoms with E-state index in [9.17, 15) is 23.1 Å². The molecule has 1 aliphatic carbocycles. The van der Waals surface area contributed by atoms with E-state index in [0.29, 0.717) is 13.0 Å². The summed E-state index contributed by atoms with van der Waals surface area (Å²) in [6.07, 6.45) is 0.401. The van der Waals surface area contributed by atoms with Crippen molar-refractivity contribution >= 4 is 5.91 Å². The number of halogens is 3. The fourth-order valence-corrected chi connectivity index (χ4v) is 4.87. The summed E-state index contributed by atoms with van der Waals surface area (Å²) >= 11 is 0. The molecule has 7 heteroatoms. The summed E-state index contributed by atoms with van der Waals surface area (Å²) in [5, 5.41) is 11.6. The van der Waals surface area contributed by atoms with Gasteiger partial charge in [-0.15, -0.1) is 0 Å². The molecule has 2 aliphatic rings. The number of hydrogen-bond acceptors (Lipinski definition) is 3. The molecule has 2 aromatic rings. The van der Waals surface area contributed by atoms with Crippen LogP contribution in [0.2, 0.25) is 0 Å². The van der Waals surface area contributed by atoms with Gasteiger partial charge in [-0.2, -0.15) is 13.2 Å². The zero-order chi connectivity index (χ0) is 20.6. The van der Waals surface area contributed by atoms with Crippen molar-refractivity contribution in [2.45, 2.75) is 49.9 Å².